The second-order valence-electron chi connectivity index (χ2n) is 5.49. The minimum Gasteiger partial charge on any atom is -0.309 e. The van der Waals surface area contributed by atoms with Crippen LogP contribution in [0.5, 0.6) is 0 Å². The fourth-order valence-electron chi connectivity index (χ4n) is 3.12. The Morgan fingerprint density at radius 2 is 1.79 bits per heavy atom. The van der Waals surface area contributed by atoms with Crippen LogP contribution in [0.2, 0.25) is 0 Å². The van der Waals surface area contributed by atoms with Crippen molar-refractivity contribution in [1.82, 2.24) is 5.32 Å². The molecule has 1 aliphatic rings. The predicted octanol–water partition coefficient (Wildman–Crippen LogP) is 4.41. The lowest BCUT2D eigenvalue weighted by Crippen LogP contribution is -2.36. The minimum absolute atomic E-state index is 0.164. The quantitative estimate of drug-likeness (QED) is 0.833. The van der Waals surface area contributed by atoms with Gasteiger partial charge in [0.15, 0.2) is 0 Å². The van der Waals surface area contributed by atoms with Crippen molar-refractivity contribution >= 4 is 0 Å². The van der Waals surface area contributed by atoms with Gasteiger partial charge in [0.25, 0.3) is 0 Å². The van der Waals surface area contributed by atoms with E-state index in [1.165, 1.54) is 50.3 Å². The van der Waals surface area contributed by atoms with Gasteiger partial charge in [-0.15, -0.1) is 0 Å². The van der Waals surface area contributed by atoms with E-state index in [9.17, 15) is 8.78 Å². The molecule has 0 bridgehead atoms. The standard InChI is InChI=1S/C16H23F2N/c1-2-16(12-7-4-3-5-8-12)19-11-13-14(17)9-6-10-15(13)18/h6,9-10,12,16,19H,2-5,7-8,11H2,1H3. The highest BCUT2D eigenvalue weighted by atomic mass is 19.1. The third kappa shape index (κ3) is 3.75. The molecule has 1 aromatic rings. The molecule has 0 spiro atoms. The molecule has 0 heterocycles. The van der Waals surface area contributed by atoms with Gasteiger partial charge in [-0.2, -0.15) is 0 Å². The molecule has 0 saturated heterocycles. The molecule has 1 unspecified atom stereocenters. The number of halogens is 2. The fourth-order valence-corrected chi connectivity index (χ4v) is 3.12. The van der Waals surface area contributed by atoms with E-state index in [-0.39, 0.29) is 12.1 Å². The molecule has 0 aromatic heterocycles. The molecule has 0 aliphatic heterocycles. The highest BCUT2D eigenvalue weighted by molar-refractivity contribution is 5.19. The molecule has 106 valence electrons. The first-order chi connectivity index (χ1) is 9.22. The van der Waals surface area contributed by atoms with Crippen LogP contribution in [0.4, 0.5) is 8.78 Å². The lowest BCUT2D eigenvalue weighted by molar-refractivity contribution is 0.260. The Bertz CT molecular complexity index is 379. The Morgan fingerprint density at radius 1 is 1.16 bits per heavy atom. The summed E-state index contributed by atoms with van der Waals surface area (Å²) in [6.45, 7) is 2.43. The number of rotatable bonds is 5. The molecule has 1 aromatic carbocycles. The van der Waals surface area contributed by atoms with E-state index in [1.54, 1.807) is 0 Å². The summed E-state index contributed by atoms with van der Waals surface area (Å²) in [7, 11) is 0. The van der Waals surface area contributed by atoms with E-state index < -0.39 is 11.6 Å². The molecule has 1 atom stereocenters. The Hall–Kier alpha value is -0.960. The van der Waals surface area contributed by atoms with Gasteiger partial charge >= 0.3 is 0 Å². The summed E-state index contributed by atoms with van der Waals surface area (Å²) in [6.07, 6.45) is 7.40. The van der Waals surface area contributed by atoms with Crippen molar-refractivity contribution in [2.45, 2.75) is 58.0 Å². The molecule has 1 fully saturated rings. The van der Waals surface area contributed by atoms with Crippen molar-refractivity contribution in [3.8, 4) is 0 Å². The van der Waals surface area contributed by atoms with E-state index in [1.807, 2.05) is 0 Å². The molecular weight excluding hydrogens is 244 g/mol. The zero-order valence-corrected chi connectivity index (χ0v) is 11.6. The number of hydrogen-bond donors (Lipinski definition) is 1. The van der Waals surface area contributed by atoms with Gasteiger partial charge < -0.3 is 5.32 Å². The Kier molecular flexibility index (Phi) is 5.32. The first-order valence-corrected chi connectivity index (χ1v) is 7.38. The molecule has 3 heteroatoms. The zero-order valence-electron chi connectivity index (χ0n) is 11.6. The smallest absolute Gasteiger partial charge is 0.130 e. The van der Waals surface area contributed by atoms with E-state index in [0.29, 0.717) is 12.0 Å². The normalized spacial score (nSPS) is 18.5. The Balaban J connectivity index is 1.95. The highest BCUT2D eigenvalue weighted by Gasteiger charge is 2.22. The molecule has 0 amide bonds. The second-order valence-corrected chi connectivity index (χ2v) is 5.49. The van der Waals surface area contributed by atoms with Gasteiger partial charge in [-0.25, -0.2) is 8.78 Å². The van der Waals surface area contributed by atoms with Crippen LogP contribution in [0.25, 0.3) is 0 Å². The number of nitrogens with one attached hydrogen (secondary N) is 1. The van der Waals surface area contributed by atoms with Crippen LogP contribution in [0.3, 0.4) is 0 Å². The van der Waals surface area contributed by atoms with Crippen LogP contribution in [0, 0.1) is 17.6 Å². The summed E-state index contributed by atoms with van der Waals surface area (Å²) < 4.78 is 27.1. The molecule has 2 rings (SSSR count). The second kappa shape index (κ2) is 6.99. The largest absolute Gasteiger partial charge is 0.309 e. The summed E-state index contributed by atoms with van der Waals surface area (Å²) in [4.78, 5) is 0. The van der Waals surface area contributed by atoms with E-state index in [2.05, 4.69) is 12.2 Å². The molecule has 1 aliphatic carbocycles. The summed E-state index contributed by atoms with van der Waals surface area (Å²) in [6, 6.07) is 4.43. The molecule has 1 nitrogen and oxygen atoms in total. The van der Waals surface area contributed by atoms with Crippen LogP contribution in [-0.2, 0) is 6.54 Å². The van der Waals surface area contributed by atoms with Crippen molar-refractivity contribution in [3.63, 3.8) is 0 Å². The van der Waals surface area contributed by atoms with Crippen molar-refractivity contribution in [2.24, 2.45) is 5.92 Å². The monoisotopic (exact) mass is 267 g/mol. The lowest BCUT2D eigenvalue weighted by atomic mass is 9.83. The maximum atomic E-state index is 13.6. The number of benzene rings is 1. The van der Waals surface area contributed by atoms with E-state index in [4.69, 9.17) is 0 Å². The van der Waals surface area contributed by atoms with Crippen molar-refractivity contribution in [1.29, 1.82) is 0 Å². The molecule has 0 radical (unpaired) electrons. The molecular formula is C16H23F2N. The summed E-state index contributed by atoms with van der Waals surface area (Å²) in [5.74, 6) is -0.245. The maximum absolute atomic E-state index is 13.6. The summed E-state index contributed by atoms with van der Waals surface area (Å²) in [5.41, 5.74) is 0.164. The average Bonchev–Trinajstić information content (AvgIpc) is 2.43. The van der Waals surface area contributed by atoms with Crippen molar-refractivity contribution in [2.75, 3.05) is 0 Å². The van der Waals surface area contributed by atoms with Crippen LogP contribution in [-0.4, -0.2) is 6.04 Å². The predicted molar refractivity (Wildman–Crippen MR) is 73.9 cm³/mol. The van der Waals surface area contributed by atoms with Crippen LogP contribution in [0.15, 0.2) is 18.2 Å². The van der Waals surface area contributed by atoms with Gasteiger partial charge in [0.2, 0.25) is 0 Å². The average molecular weight is 267 g/mol. The van der Waals surface area contributed by atoms with Crippen molar-refractivity contribution in [3.05, 3.63) is 35.4 Å². The third-order valence-corrected chi connectivity index (χ3v) is 4.26. The first-order valence-electron chi connectivity index (χ1n) is 7.38. The Morgan fingerprint density at radius 3 is 2.37 bits per heavy atom. The first kappa shape index (κ1) is 14.4. The van der Waals surface area contributed by atoms with Crippen LogP contribution in [0.1, 0.15) is 51.0 Å². The van der Waals surface area contributed by atoms with Gasteiger partial charge in [-0.05, 0) is 37.3 Å². The van der Waals surface area contributed by atoms with Gasteiger partial charge in [0, 0.05) is 18.2 Å². The zero-order chi connectivity index (χ0) is 13.7. The Labute approximate surface area is 114 Å². The number of hydrogen-bond acceptors (Lipinski definition) is 1. The van der Waals surface area contributed by atoms with Crippen LogP contribution >= 0.6 is 0 Å². The third-order valence-electron chi connectivity index (χ3n) is 4.26. The van der Waals surface area contributed by atoms with E-state index >= 15 is 0 Å². The molecule has 1 saturated carbocycles. The maximum Gasteiger partial charge on any atom is 0.130 e. The summed E-state index contributed by atoms with van der Waals surface area (Å²) in [5, 5.41) is 3.36. The van der Waals surface area contributed by atoms with Gasteiger partial charge in [0.05, 0.1) is 0 Å². The fraction of sp³-hybridized carbons (Fsp3) is 0.625. The van der Waals surface area contributed by atoms with Crippen LogP contribution < -0.4 is 5.32 Å². The van der Waals surface area contributed by atoms with Gasteiger partial charge in [-0.1, -0.05) is 32.3 Å². The minimum atomic E-state index is -0.453. The van der Waals surface area contributed by atoms with Gasteiger partial charge in [0.1, 0.15) is 11.6 Å². The summed E-state index contributed by atoms with van der Waals surface area (Å²) >= 11 is 0. The topological polar surface area (TPSA) is 12.0 Å². The SMILES string of the molecule is CCC(NCc1c(F)cccc1F)C1CCCCC1. The van der Waals surface area contributed by atoms with Crippen molar-refractivity contribution < 1.29 is 8.78 Å². The molecule has 19 heavy (non-hydrogen) atoms. The highest BCUT2D eigenvalue weighted by Crippen LogP contribution is 2.28. The molecule has 1 N–H and O–H groups in total. The lowest BCUT2D eigenvalue weighted by Gasteiger charge is -2.30. The van der Waals surface area contributed by atoms with E-state index in [0.717, 1.165) is 6.42 Å². The van der Waals surface area contributed by atoms with Gasteiger partial charge in [-0.3, -0.25) is 0 Å².